The number of hydrogen-bond donors (Lipinski definition) is 2. The van der Waals surface area contributed by atoms with Crippen molar-refractivity contribution < 1.29 is 19.1 Å². The molecular formula is C21H20N2O4. The molecule has 1 fully saturated rings. The summed E-state index contributed by atoms with van der Waals surface area (Å²) in [5, 5.41) is 12.5. The molecule has 0 spiro atoms. The molecule has 0 atom stereocenters. The minimum Gasteiger partial charge on any atom is -0.480 e. The number of amides is 1. The van der Waals surface area contributed by atoms with Gasteiger partial charge in [0.15, 0.2) is 11.3 Å². The molecule has 1 aliphatic carbocycles. The van der Waals surface area contributed by atoms with Crippen LogP contribution in [0.15, 0.2) is 59.1 Å². The van der Waals surface area contributed by atoms with E-state index >= 15 is 0 Å². The van der Waals surface area contributed by atoms with E-state index in [0.717, 1.165) is 0 Å². The van der Waals surface area contributed by atoms with Gasteiger partial charge in [-0.3, -0.25) is 9.78 Å². The quantitative estimate of drug-likeness (QED) is 0.736. The topological polar surface area (TPSA) is 92.4 Å². The van der Waals surface area contributed by atoms with Crippen molar-refractivity contribution in [2.24, 2.45) is 0 Å². The highest BCUT2D eigenvalue weighted by atomic mass is 16.4. The highest BCUT2D eigenvalue weighted by Gasteiger charge is 2.44. The maximum absolute atomic E-state index is 12.6. The average Bonchev–Trinajstić information content (AvgIpc) is 3.13. The van der Waals surface area contributed by atoms with Crippen molar-refractivity contribution in [3.8, 4) is 0 Å². The van der Waals surface area contributed by atoms with Gasteiger partial charge < -0.3 is 14.8 Å². The molecule has 1 saturated carbocycles. The second-order valence-corrected chi connectivity index (χ2v) is 7.02. The van der Waals surface area contributed by atoms with Gasteiger partial charge in [-0.15, -0.1) is 0 Å². The number of aromatic nitrogens is 1. The average molecular weight is 364 g/mol. The smallest absolute Gasteiger partial charge is 0.329 e. The number of pyridine rings is 1. The van der Waals surface area contributed by atoms with E-state index in [4.69, 9.17) is 4.42 Å². The third kappa shape index (κ3) is 3.30. The van der Waals surface area contributed by atoms with Crippen molar-refractivity contribution >= 4 is 23.0 Å². The maximum Gasteiger partial charge on any atom is 0.329 e. The largest absolute Gasteiger partial charge is 0.480 e. The number of carboxylic acid groups (broad SMARTS) is 1. The molecule has 138 valence electrons. The molecule has 2 aromatic heterocycles. The fourth-order valence-electron chi connectivity index (χ4n) is 3.82. The number of aliphatic carboxylic acids is 1. The van der Waals surface area contributed by atoms with Gasteiger partial charge in [0, 0.05) is 12.3 Å². The molecule has 27 heavy (non-hydrogen) atoms. The van der Waals surface area contributed by atoms with Gasteiger partial charge in [0.05, 0.1) is 0 Å². The SMILES string of the molecule is O=C(NC1(C(=O)O)CCC(c2ccccc2)CC1)c1cc2ncccc2o1. The van der Waals surface area contributed by atoms with Gasteiger partial charge in [0.1, 0.15) is 11.1 Å². The van der Waals surface area contributed by atoms with Gasteiger partial charge in [0.2, 0.25) is 0 Å². The number of carbonyl (C=O) groups excluding carboxylic acids is 1. The summed E-state index contributed by atoms with van der Waals surface area (Å²) >= 11 is 0. The fourth-order valence-corrected chi connectivity index (χ4v) is 3.82. The van der Waals surface area contributed by atoms with E-state index in [9.17, 15) is 14.7 Å². The van der Waals surface area contributed by atoms with Crippen molar-refractivity contribution in [2.75, 3.05) is 0 Å². The summed E-state index contributed by atoms with van der Waals surface area (Å²) in [6.45, 7) is 0. The Labute approximate surface area is 156 Å². The van der Waals surface area contributed by atoms with Crippen LogP contribution in [-0.2, 0) is 4.79 Å². The predicted molar refractivity (Wildman–Crippen MR) is 99.5 cm³/mol. The van der Waals surface area contributed by atoms with E-state index in [0.29, 0.717) is 42.7 Å². The van der Waals surface area contributed by atoms with Crippen LogP contribution in [-0.4, -0.2) is 27.5 Å². The Morgan fingerprint density at radius 1 is 1.11 bits per heavy atom. The first-order chi connectivity index (χ1) is 13.1. The normalized spacial score (nSPS) is 22.4. The zero-order chi connectivity index (χ0) is 18.9. The van der Waals surface area contributed by atoms with E-state index < -0.39 is 17.4 Å². The number of carbonyl (C=O) groups is 2. The molecule has 0 unspecified atom stereocenters. The van der Waals surface area contributed by atoms with Gasteiger partial charge in [-0.05, 0) is 49.3 Å². The summed E-state index contributed by atoms with van der Waals surface area (Å²) in [6, 6.07) is 15.1. The first kappa shape index (κ1) is 17.3. The molecule has 1 amide bonds. The highest BCUT2D eigenvalue weighted by Crippen LogP contribution is 2.38. The minimum absolute atomic E-state index is 0.0782. The summed E-state index contributed by atoms with van der Waals surface area (Å²) in [6.07, 6.45) is 3.79. The number of nitrogens with one attached hydrogen (secondary N) is 1. The first-order valence-electron chi connectivity index (χ1n) is 9.03. The van der Waals surface area contributed by atoms with Gasteiger partial charge in [-0.25, -0.2) is 4.79 Å². The summed E-state index contributed by atoms with van der Waals surface area (Å²) in [5.41, 5.74) is 1.01. The van der Waals surface area contributed by atoms with Gasteiger partial charge in [-0.1, -0.05) is 30.3 Å². The lowest BCUT2D eigenvalue weighted by Gasteiger charge is -2.37. The lowest BCUT2D eigenvalue weighted by atomic mass is 9.74. The second-order valence-electron chi connectivity index (χ2n) is 7.02. The van der Waals surface area contributed by atoms with Gasteiger partial charge >= 0.3 is 5.97 Å². The summed E-state index contributed by atoms with van der Waals surface area (Å²) in [4.78, 5) is 28.8. The number of rotatable bonds is 4. The van der Waals surface area contributed by atoms with E-state index in [2.05, 4.69) is 22.4 Å². The van der Waals surface area contributed by atoms with E-state index in [1.165, 1.54) is 11.6 Å². The van der Waals surface area contributed by atoms with Crippen LogP contribution in [0.1, 0.15) is 47.7 Å². The van der Waals surface area contributed by atoms with Crippen LogP contribution in [0.25, 0.3) is 11.1 Å². The van der Waals surface area contributed by atoms with Crippen LogP contribution in [0, 0.1) is 0 Å². The van der Waals surface area contributed by atoms with Crippen LogP contribution in [0.3, 0.4) is 0 Å². The molecule has 1 aromatic carbocycles. The number of fused-ring (bicyclic) bond motifs is 1. The number of carboxylic acids is 1. The zero-order valence-corrected chi connectivity index (χ0v) is 14.7. The number of furan rings is 1. The Kier molecular flexibility index (Phi) is 4.39. The van der Waals surface area contributed by atoms with Crippen LogP contribution < -0.4 is 5.32 Å². The standard InChI is InChI=1S/C21H20N2O4/c24-19(18-13-16-17(27-18)7-4-12-22-16)23-21(20(25)26)10-8-15(9-11-21)14-5-2-1-3-6-14/h1-7,12-13,15H,8-11H2,(H,23,24)(H,25,26). The van der Waals surface area contributed by atoms with Gasteiger partial charge in [-0.2, -0.15) is 0 Å². The Morgan fingerprint density at radius 3 is 2.52 bits per heavy atom. The molecule has 2 heterocycles. The summed E-state index contributed by atoms with van der Waals surface area (Å²) < 4.78 is 5.52. The molecule has 0 saturated heterocycles. The molecule has 0 bridgehead atoms. The monoisotopic (exact) mass is 364 g/mol. The summed E-state index contributed by atoms with van der Waals surface area (Å²) in [5.74, 6) is -1.13. The number of hydrogen-bond acceptors (Lipinski definition) is 4. The Morgan fingerprint density at radius 2 is 1.85 bits per heavy atom. The molecule has 4 rings (SSSR count). The molecular weight excluding hydrogens is 344 g/mol. The van der Waals surface area contributed by atoms with Crippen molar-refractivity contribution in [1.82, 2.24) is 10.3 Å². The molecule has 6 heteroatoms. The van der Waals surface area contributed by atoms with Crippen molar-refractivity contribution in [2.45, 2.75) is 37.1 Å². The molecule has 0 radical (unpaired) electrons. The Bertz CT molecular complexity index is 939. The van der Waals surface area contributed by atoms with E-state index in [1.807, 2.05) is 18.2 Å². The first-order valence-corrected chi connectivity index (χ1v) is 9.03. The number of nitrogens with zero attached hydrogens (tertiary/aromatic N) is 1. The lowest BCUT2D eigenvalue weighted by molar-refractivity contribution is -0.146. The highest BCUT2D eigenvalue weighted by molar-refractivity contribution is 5.98. The molecule has 3 aromatic rings. The molecule has 2 N–H and O–H groups in total. The van der Waals surface area contributed by atoms with Crippen LogP contribution in [0.5, 0.6) is 0 Å². The van der Waals surface area contributed by atoms with E-state index in [-0.39, 0.29) is 5.76 Å². The lowest BCUT2D eigenvalue weighted by Crippen LogP contribution is -2.56. The molecule has 0 aliphatic heterocycles. The zero-order valence-electron chi connectivity index (χ0n) is 14.7. The van der Waals surface area contributed by atoms with Gasteiger partial charge in [0.25, 0.3) is 5.91 Å². The third-order valence-electron chi connectivity index (χ3n) is 5.38. The number of benzene rings is 1. The summed E-state index contributed by atoms with van der Waals surface area (Å²) in [7, 11) is 0. The molecule has 6 nitrogen and oxygen atoms in total. The van der Waals surface area contributed by atoms with Crippen molar-refractivity contribution in [3.05, 3.63) is 66.1 Å². The molecule has 1 aliphatic rings. The minimum atomic E-state index is -1.27. The third-order valence-corrected chi connectivity index (χ3v) is 5.38. The van der Waals surface area contributed by atoms with E-state index in [1.54, 1.807) is 18.3 Å². The van der Waals surface area contributed by atoms with Crippen molar-refractivity contribution in [3.63, 3.8) is 0 Å². The Hall–Kier alpha value is -3.15. The predicted octanol–water partition coefficient (Wildman–Crippen LogP) is 3.74. The maximum atomic E-state index is 12.6. The Balaban J connectivity index is 1.51. The van der Waals surface area contributed by atoms with Crippen LogP contribution in [0.4, 0.5) is 0 Å². The van der Waals surface area contributed by atoms with Crippen LogP contribution >= 0.6 is 0 Å². The van der Waals surface area contributed by atoms with Crippen molar-refractivity contribution in [1.29, 1.82) is 0 Å². The second kappa shape index (κ2) is 6.87. The fraction of sp³-hybridized carbons (Fsp3) is 0.286. The van der Waals surface area contributed by atoms with Crippen LogP contribution in [0.2, 0.25) is 0 Å².